The second-order valence-electron chi connectivity index (χ2n) is 2.24. The summed E-state index contributed by atoms with van der Waals surface area (Å²) in [6.07, 6.45) is -0.766. The van der Waals surface area contributed by atoms with Crippen LogP contribution in [-0.4, -0.2) is 38.6 Å². The zero-order valence-electron chi connectivity index (χ0n) is 8.10. The molecule has 0 saturated carbocycles. The van der Waals surface area contributed by atoms with E-state index in [1.54, 1.807) is 6.66 Å². The molecule has 0 spiro atoms. The molecule has 82 valence electrons. The molecule has 8 heteroatoms. The van der Waals surface area contributed by atoms with E-state index in [9.17, 15) is 9.59 Å². The van der Waals surface area contributed by atoms with Crippen LogP contribution < -0.4 is 5.32 Å². The van der Waals surface area contributed by atoms with Gasteiger partial charge in [0.1, 0.15) is 5.47 Å². The van der Waals surface area contributed by atoms with Crippen LogP contribution in [0.4, 0.5) is 4.79 Å². The van der Waals surface area contributed by atoms with Gasteiger partial charge in [0, 0.05) is 14.2 Å². The number of rotatable bonds is 4. The van der Waals surface area contributed by atoms with Crippen LogP contribution in [0.2, 0.25) is 0 Å². The Morgan fingerprint density at radius 1 is 1.57 bits per heavy atom. The summed E-state index contributed by atoms with van der Waals surface area (Å²) in [5, 5.41) is 2.17. The highest BCUT2D eigenvalue weighted by molar-refractivity contribution is 8.69. The SMILES string of the molecule is CNC(=O)OC(=O)CSP(C)(=S)OC. The molecule has 0 aliphatic heterocycles. The lowest BCUT2D eigenvalue weighted by Crippen LogP contribution is -2.23. The molecule has 1 atom stereocenters. The molecule has 14 heavy (non-hydrogen) atoms. The van der Waals surface area contributed by atoms with E-state index in [4.69, 9.17) is 16.3 Å². The molecule has 0 aromatic heterocycles. The Hall–Kier alpha value is -0.100. The van der Waals surface area contributed by atoms with Crippen LogP contribution in [-0.2, 0) is 25.9 Å². The summed E-state index contributed by atoms with van der Waals surface area (Å²) >= 11 is 6.24. The van der Waals surface area contributed by atoms with Crippen molar-refractivity contribution in [2.75, 3.05) is 26.6 Å². The minimum atomic E-state index is -1.96. The molecule has 1 unspecified atom stereocenters. The quantitative estimate of drug-likeness (QED) is 0.463. The minimum Gasteiger partial charge on any atom is -0.376 e. The molecule has 0 saturated heterocycles. The van der Waals surface area contributed by atoms with Gasteiger partial charge >= 0.3 is 12.1 Å². The first kappa shape index (κ1) is 13.9. The molecule has 5 nitrogen and oxygen atoms in total. The van der Waals surface area contributed by atoms with Crippen LogP contribution in [0.15, 0.2) is 0 Å². The molecule has 1 N–H and O–H groups in total. The Kier molecular flexibility index (Phi) is 6.35. The van der Waals surface area contributed by atoms with Crippen molar-refractivity contribution < 1.29 is 18.8 Å². The third-order valence-electron chi connectivity index (χ3n) is 1.16. The van der Waals surface area contributed by atoms with Crippen LogP contribution in [0, 0.1) is 0 Å². The zero-order chi connectivity index (χ0) is 11.2. The van der Waals surface area contributed by atoms with E-state index < -0.39 is 17.5 Å². The molecule has 0 bridgehead atoms. The Morgan fingerprint density at radius 3 is 2.57 bits per heavy atom. The number of nitrogens with one attached hydrogen (secondary N) is 1. The van der Waals surface area contributed by atoms with Gasteiger partial charge in [-0.1, -0.05) is 23.2 Å². The summed E-state index contributed by atoms with van der Waals surface area (Å²) < 4.78 is 9.35. The molecule has 0 aliphatic carbocycles. The number of carbonyl (C=O) groups excluding carboxylic acids is 2. The lowest BCUT2D eigenvalue weighted by atomic mass is 10.8. The molecule has 0 rings (SSSR count). The summed E-state index contributed by atoms with van der Waals surface area (Å²) in [6, 6.07) is 0. The van der Waals surface area contributed by atoms with Gasteiger partial charge in [-0.05, 0) is 6.66 Å². The molecule has 0 radical (unpaired) electrons. The maximum absolute atomic E-state index is 11.0. The van der Waals surface area contributed by atoms with Gasteiger partial charge in [-0.3, -0.25) is 4.79 Å². The normalized spacial score (nSPS) is 14.2. The van der Waals surface area contributed by atoms with E-state index in [1.165, 1.54) is 25.5 Å². The first-order valence-electron chi connectivity index (χ1n) is 3.61. The third-order valence-corrected chi connectivity index (χ3v) is 6.29. The van der Waals surface area contributed by atoms with Crippen molar-refractivity contribution >= 4 is 40.7 Å². The van der Waals surface area contributed by atoms with Crippen LogP contribution >= 0.6 is 16.8 Å². The Labute approximate surface area is 91.7 Å². The van der Waals surface area contributed by atoms with Crippen molar-refractivity contribution in [1.82, 2.24) is 5.32 Å². The van der Waals surface area contributed by atoms with Gasteiger partial charge in [0.2, 0.25) is 0 Å². The van der Waals surface area contributed by atoms with Crippen molar-refractivity contribution in [3.05, 3.63) is 0 Å². The topological polar surface area (TPSA) is 64.6 Å². The van der Waals surface area contributed by atoms with E-state index in [0.717, 1.165) is 0 Å². The monoisotopic (exact) mass is 257 g/mol. The lowest BCUT2D eigenvalue weighted by Gasteiger charge is -2.12. The summed E-state index contributed by atoms with van der Waals surface area (Å²) in [5.74, 6) is -0.600. The van der Waals surface area contributed by atoms with E-state index in [0.29, 0.717) is 0 Å². The fraction of sp³-hybridized carbons (Fsp3) is 0.667. The molecule has 1 amide bonds. The van der Waals surface area contributed by atoms with Crippen LogP contribution in [0.1, 0.15) is 0 Å². The number of alkyl carbamates (subject to hydrolysis) is 1. The summed E-state index contributed by atoms with van der Waals surface area (Å²) in [4.78, 5) is 21.6. The highest BCUT2D eigenvalue weighted by atomic mass is 32.9. The summed E-state index contributed by atoms with van der Waals surface area (Å²) in [5.41, 5.74) is -1.96. The number of carbonyl (C=O) groups is 2. The first-order chi connectivity index (χ1) is 6.41. The second-order valence-corrected chi connectivity index (χ2v) is 10.3. The van der Waals surface area contributed by atoms with Gasteiger partial charge in [-0.25, -0.2) is 4.79 Å². The Balaban J connectivity index is 3.86. The maximum Gasteiger partial charge on any atom is 0.414 e. The Morgan fingerprint density at radius 2 is 2.14 bits per heavy atom. The van der Waals surface area contributed by atoms with E-state index in [1.807, 2.05) is 0 Å². The predicted molar refractivity (Wildman–Crippen MR) is 60.2 cm³/mol. The first-order valence-corrected chi connectivity index (χ1v) is 8.37. The molecular formula is C6H12NO4PS2. The van der Waals surface area contributed by atoms with Gasteiger partial charge in [0.25, 0.3) is 0 Å². The molecular weight excluding hydrogens is 245 g/mol. The van der Waals surface area contributed by atoms with Crippen LogP contribution in [0.3, 0.4) is 0 Å². The minimum absolute atomic E-state index is 0.0229. The van der Waals surface area contributed by atoms with Gasteiger partial charge < -0.3 is 14.6 Å². The molecule has 0 aromatic carbocycles. The molecule has 0 fully saturated rings. The van der Waals surface area contributed by atoms with Gasteiger partial charge in [0.05, 0.1) is 5.75 Å². The number of hydrogen-bond acceptors (Lipinski definition) is 6. The van der Waals surface area contributed by atoms with Crippen molar-refractivity contribution in [3.8, 4) is 0 Å². The number of esters is 1. The standard InChI is InChI=1S/C6H12NO4PS2/c1-7-6(9)11-5(8)4-14-12(3,13)10-2/h4H2,1-3H3,(H,7,9). The van der Waals surface area contributed by atoms with E-state index in [2.05, 4.69) is 10.1 Å². The van der Waals surface area contributed by atoms with Crippen molar-refractivity contribution in [1.29, 1.82) is 0 Å². The average molecular weight is 257 g/mol. The fourth-order valence-electron chi connectivity index (χ4n) is 0.407. The molecule has 0 aromatic rings. The van der Waals surface area contributed by atoms with Gasteiger partial charge in [-0.2, -0.15) is 0 Å². The number of ether oxygens (including phenoxy) is 1. The zero-order valence-corrected chi connectivity index (χ0v) is 10.6. The van der Waals surface area contributed by atoms with Crippen LogP contribution in [0.5, 0.6) is 0 Å². The smallest absolute Gasteiger partial charge is 0.376 e. The predicted octanol–water partition coefficient (Wildman–Crippen LogP) is 1.19. The van der Waals surface area contributed by atoms with Crippen molar-refractivity contribution in [2.45, 2.75) is 0 Å². The van der Waals surface area contributed by atoms with Crippen LogP contribution in [0.25, 0.3) is 0 Å². The van der Waals surface area contributed by atoms with E-state index in [-0.39, 0.29) is 5.75 Å². The highest BCUT2D eigenvalue weighted by Crippen LogP contribution is 2.55. The number of amides is 1. The molecule has 0 aliphatic rings. The third kappa shape index (κ3) is 6.37. The fourth-order valence-corrected chi connectivity index (χ4v) is 2.72. The number of hydrogen-bond donors (Lipinski definition) is 1. The largest absolute Gasteiger partial charge is 0.414 e. The lowest BCUT2D eigenvalue weighted by molar-refractivity contribution is -0.134. The van der Waals surface area contributed by atoms with Crippen molar-refractivity contribution in [2.24, 2.45) is 0 Å². The Bertz CT molecular complexity index is 271. The second kappa shape index (κ2) is 6.40. The van der Waals surface area contributed by atoms with Gasteiger partial charge in [-0.15, -0.1) is 0 Å². The molecule has 0 heterocycles. The maximum atomic E-state index is 11.0. The van der Waals surface area contributed by atoms with Crippen molar-refractivity contribution in [3.63, 3.8) is 0 Å². The average Bonchev–Trinajstić information content (AvgIpc) is 2.15. The summed E-state index contributed by atoms with van der Waals surface area (Å²) in [6.45, 7) is 1.75. The van der Waals surface area contributed by atoms with E-state index >= 15 is 0 Å². The highest BCUT2D eigenvalue weighted by Gasteiger charge is 2.15. The summed E-state index contributed by atoms with van der Waals surface area (Å²) in [7, 11) is 2.87. The van der Waals surface area contributed by atoms with Gasteiger partial charge in [0.15, 0.2) is 0 Å².